The van der Waals surface area contributed by atoms with Crippen molar-refractivity contribution in [3.63, 3.8) is 0 Å². The van der Waals surface area contributed by atoms with Crippen LogP contribution in [-0.2, 0) is 10.4 Å². The van der Waals surface area contributed by atoms with E-state index in [0.29, 0.717) is 0 Å². The minimum absolute atomic E-state index is 0.00773. The van der Waals surface area contributed by atoms with E-state index in [1.165, 1.54) is 18.2 Å². The summed E-state index contributed by atoms with van der Waals surface area (Å²) in [5.74, 6) is 0. The molecule has 0 bridgehead atoms. The average Bonchev–Trinajstić information content (AvgIpc) is 3.00. The van der Waals surface area contributed by atoms with Crippen molar-refractivity contribution in [2.75, 3.05) is 0 Å². The fraction of sp³-hybridized carbons (Fsp3) is 0.312. The lowest BCUT2D eigenvalue weighted by atomic mass is 9.85. The van der Waals surface area contributed by atoms with Crippen LogP contribution < -0.4 is 0 Å². The van der Waals surface area contributed by atoms with Gasteiger partial charge in [-0.05, 0) is 24.3 Å². The number of rotatable bonds is 3. The summed E-state index contributed by atoms with van der Waals surface area (Å²) in [4.78, 5) is 15.3. The lowest BCUT2D eigenvalue weighted by Gasteiger charge is -2.29. The van der Waals surface area contributed by atoms with Crippen molar-refractivity contribution in [1.82, 2.24) is 0 Å². The van der Waals surface area contributed by atoms with Gasteiger partial charge in [-0.15, -0.1) is 11.6 Å². The molecule has 0 aromatic heterocycles. The molecule has 1 aromatic rings. The highest BCUT2D eigenvalue weighted by Crippen LogP contribution is 2.50. The number of allylic oxidation sites excluding steroid dienone is 2. The third kappa shape index (κ3) is 3.66. The molecule has 5 nitrogen and oxygen atoms in total. The van der Waals surface area contributed by atoms with Gasteiger partial charge in [0, 0.05) is 32.5 Å². The van der Waals surface area contributed by atoms with Gasteiger partial charge in [-0.3, -0.25) is 10.1 Å². The third-order valence-electron chi connectivity index (χ3n) is 4.23. The second-order valence-corrected chi connectivity index (χ2v) is 7.37. The summed E-state index contributed by atoms with van der Waals surface area (Å²) in [5, 5.41) is 13.7. The number of oxime groups is 1. The zero-order chi connectivity index (χ0) is 20.0. The Hall–Kier alpha value is -1.77. The molecule has 2 aliphatic rings. The molecule has 0 saturated carbocycles. The molecule has 3 rings (SSSR count). The molecule has 11 heteroatoms. The Morgan fingerprint density at radius 3 is 2.44 bits per heavy atom. The molecule has 0 radical (unpaired) electrons. The molecule has 1 heterocycles. The van der Waals surface area contributed by atoms with Crippen LogP contribution in [0.15, 0.2) is 47.2 Å². The standard InChI is InChI=1S/C16H10Cl3F3N2O3/c17-10-4-9(5-11(18)6-10)15(16(20,21)22)7-13(23-27-15)8-1-2-12(19)14(3-8)24(25)26/h1-6,12,14H,7H2. The largest absolute Gasteiger partial charge is 0.435 e. The number of benzene rings is 1. The lowest BCUT2D eigenvalue weighted by Crippen LogP contribution is -2.42. The van der Waals surface area contributed by atoms with Crippen LogP contribution in [0.5, 0.6) is 0 Å². The van der Waals surface area contributed by atoms with Gasteiger partial charge in [0.25, 0.3) is 11.6 Å². The summed E-state index contributed by atoms with van der Waals surface area (Å²) in [6.45, 7) is 0. The molecule has 1 aromatic carbocycles. The molecule has 0 N–H and O–H groups in total. The monoisotopic (exact) mass is 440 g/mol. The van der Waals surface area contributed by atoms with Crippen LogP contribution in [0.25, 0.3) is 0 Å². The normalized spacial score (nSPS) is 27.8. The first-order valence-corrected chi connectivity index (χ1v) is 8.69. The van der Waals surface area contributed by atoms with Gasteiger partial charge in [0.1, 0.15) is 5.38 Å². The van der Waals surface area contributed by atoms with Crippen molar-refractivity contribution in [3.8, 4) is 0 Å². The summed E-state index contributed by atoms with van der Waals surface area (Å²) >= 11 is 17.5. The van der Waals surface area contributed by atoms with Crippen LogP contribution >= 0.6 is 34.8 Å². The smallest absolute Gasteiger partial charge is 0.374 e. The van der Waals surface area contributed by atoms with E-state index in [-0.39, 0.29) is 26.9 Å². The van der Waals surface area contributed by atoms with E-state index in [1.54, 1.807) is 0 Å². The van der Waals surface area contributed by atoms with E-state index >= 15 is 0 Å². The Bertz CT molecular complexity index is 865. The van der Waals surface area contributed by atoms with E-state index in [2.05, 4.69) is 5.16 Å². The Morgan fingerprint density at radius 1 is 1.26 bits per heavy atom. The molecule has 1 aliphatic carbocycles. The molecule has 0 spiro atoms. The summed E-state index contributed by atoms with van der Waals surface area (Å²) in [6.07, 6.45) is -1.66. The van der Waals surface area contributed by atoms with E-state index < -0.39 is 34.5 Å². The van der Waals surface area contributed by atoms with E-state index in [4.69, 9.17) is 39.6 Å². The molecule has 1 aliphatic heterocycles. The maximum atomic E-state index is 13.9. The number of hydrogen-bond donors (Lipinski definition) is 0. The number of nitrogens with zero attached hydrogens (tertiary/aromatic N) is 2. The summed E-state index contributed by atoms with van der Waals surface area (Å²) in [7, 11) is 0. The van der Waals surface area contributed by atoms with Gasteiger partial charge in [0.05, 0.1) is 5.71 Å². The Balaban J connectivity index is 1.99. The van der Waals surface area contributed by atoms with Gasteiger partial charge in [-0.25, -0.2) is 0 Å². The van der Waals surface area contributed by atoms with Gasteiger partial charge < -0.3 is 4.84 Å². The first-order valence-electron chi connectivity index (χ1n) is 7.50. The first-order chi connectivity index (χ1) is 12.5. The summed E-state index contributed by atoms with van der Waals surface area (Å²) in [6, 6.07) is 2.20. The minimum atomic E-state index is -4.84. The Kier molecular flexibility index (Phi) is 5.18. The molecule has 0 saturated heterocycles. The first kappa shape index (κ1) is 20.0. The van der Waals surface area contributed by atoms with Crippen LogP contribution in [-0.4, -0.2) is 28.2 Å². The predicted octanol–water partition coefficient (Wildman–Crippen LogP) is 5.28. The predicted molar refractivity (Wildman–Crippen MR) is 95.0 cm³/mol. The third-order valence-corrected chi connectivity index (χ3v) is 5.07. The Morgan fingerprint density at radius 2 is 1.89 bits per heavy atom. The van der Waals surface area contributed by atoms with Gasteiger partial charge >= 0.3 is 6.18 Å². The second-order valence-electron chi connectivity index (χ2n) is 5.99. The van der Waals surface area contributed by atoms with E-state index in [1.807, 2.05) is 0 Å². The van der Waals surface area contributed by atoms with Crippen molar-refractivity contribution in [1.29, 1.82) is 0 Å². The number of halogens is 6. The zero-order valence-electron chi connectivity index (χ0n) is 13.2. The molecule has 0 fully saturated rings. The van der Waals surface area contributed by atoms with Crippen molar-refractivity contribution < 1.29 is 22.9 Å². The van der Waals surface area contributed by atoms with Gasteiger partial charge in [-0.1, -0.05) is 40.5 Å². The maximum Gasteiger partial charge on any atom is 0.435 e. The Labute approximate surface area is 166 Å². The lowest BCUT2D eigenvalue weighted by molar-refractivity contribution is -0.507. The fourth-order valence-electron chi connectivity index (χ4n) is 2.86. The second kappa shape index (κ2) is 7.00. The van der Waals surface area contributed by atoms with Crippen molar-refractivity contribution in [2.24, 2.45) is 5.16 Å². The van der Waals surface area contributed by atoms with Gasteiger partial charge in [0.15, 0.2) is 0 Å². The number of alkyl halides is 4. The number of nitro groups is 1. The van der Waals surface area contributed by atoms with Crippen LogP contribution in [0, 0.1) is 10.1 Å². The summed E-state index contributed by atoms with van der Waals surface area (Å²) < 4.78 is 41.8. The SMILES string of the molecule is O=[N+]([O-])C1C=C(C2=NOC(c3cc(Cl)cc(Cl)c3)(C(F)(F)F)C2)C=CC1Cl. The van der Waals surface area contributed by atoms with Crippen LogP contribution in [0.2, 0.25) is 10.0 Å². The molecule has 3 unspecified atom stereocenters. The molecule has 27 heavy (non-hydrogen) atoms. The van der Waals surface area contributed by atoms with Gasteiger partial charge in [0.2, 0.25) is 0 Å². The molecule has 144 valence electrons. The summed E-state index contributed by atoms with van der Waals surface area (Å²) in [5.41, 5.74) is -3.05. The van der Waals surface area contributed by atoms with Crippen LogP contribution in [0.3, 0.4) is 0 Å². The van der Waals surface area contributed by atoms with Crippen LogP contribution in [0.4, 0.5) is 13.2 Å². The van der Waals surface area contributed by atoms with Crippen molar-refractivity contribution >= 4 is 40.5 Å². The van der Waals surface area contributed by atoms with Crippen molar-refractivity contribution in [3.05, 3.63) is 67.7 Å². The fourth-order valence-corrected chi connectivity index (χ4v) is 3.62. The maximum absolute atomic E-state index is 13.9. The highest BCUT2D eigenvalue weighted by atomic mass is 35.5. The van der Waals surface area contributed by atoms with Crippen LogP contribution in [0.1, 0.15) is 12.0 Å². The molecular weight excluding hydrogens is 432 g/mol. The number of hydrogen-bond acceptors (Lipinski definition) is 4. The topological polar surface area (TPSA) is 64.7 Å². The molecule has 0 amide bonds. The average molecular weight is 442 g/mol. The van der Waals surface area contributed by atoms with E-state index in [0.717, 1.165) is 18.2 Å². The molecular formula is C16H10Cl3F3N2O3. The van der Waals surface area contributed by atoms with Crippen molar-refractivity contribution in [2.45, 2.75) is 29.6 Å². The minimum Gasteiger partial charge on any atom is -0.374 e. The quantitative estimate of drug-likeness (QED) is 0.364. The highest BCUT2D eigenvalue weighted by molar-refractivity contribution is 6.34. The highest BCUT2D eigenvalue weighted by Gasteiger charge is 2.62. The van der Waals surface area contributed by atoms with Gasteiger partial charge in [-0.2, -0.15) is 13.2 Å². The molecule has 3 atom stereocenters. The zero-order valence-corrected chi connectivity index (χ0v) is 15.5. The van der Waals surface area contributed by atoms with E-state index in [9.17, 15) is 23.3 Å².